The second-order valence-corrected chi connectivity index (χ2v) is 16.3. The van der Waals surface area contributed by atoms with Crippen LogP contribution >= 0.6 is 0 Å². The van der Waals surface area contributed by atoms with Crippen LogP contribution in [0.3, 0.4) is 0 Å². The van der Waals surface area contributed by atoms with Gasteiger partial charge in [0.2, 0.25) is 5.91 Å². The van der Waals surface area contributed by atoms with Gasteiger partial charge >= 0.3 is 6.03 Å². The number of amides is 5. The standard InChI is InChI=1S/C45H48FN11O4/c1-27-4-3-5-37(48-27)50-44(60)34-11-12-35(40(46)28(34)2)41-39(42(47)59)43-49-36-13-10-33(24-30(36)15-19-57(43)52-41)54-22-20-53(21-23-54)25-29-14-17-55(26-29)31-6-8-32(9-7-31)56-18-16-38(58)51-45(56)61/h3-13,24,29,49H,14-23,25-26H2,1-2H3,(H2,47,59)(H,48,50,60)(H,51,58,61). The fourth-order valence-corrected chi connectivity index (χ4v) is 8.97. The lowest BCUT2D eigenvalue weighted by atomic mass is 9.99. The van der Waals surface area contributed by atoms with Crippen LogP contribution in [-0.2, 0) is 17.8 Å². The van der Waals surface area contributed by atoms with Crippen LogP contribution in [0.2, 0.25) is 0 Å². The van der Waals surface area contributed by atoms with E-state index in [-0.39, 0.29) is 39.9 Å². The number of carbonyl (C=O) groups is 4. The first-order valence-corrected chi connectivity index (χ1v) is 20.8. The maximum absolute atomic E-state index is 16.1. The zero-order chi connectivity index (χ0) is 42.4. The zero-order valence-corrected chi connectivity index (χ0v) is 34.2. The van der Waals surface area contributed by atoms with Crippen LogP contribution in [0.4, 0.5) is 43.6 Å². The second-order valence-electron chi connectivity index (χ2n) is 16.3. The van der Waals surface area contributed by atoms with E-state index in [4.69, 9.17) is 10.8 Å². The van der Waals surface area contributed by atoms with Gasteiger partial charge in [-0.3, -0.25) is 29.5 Å². The monoisotopic (exact) mass is 825 g/mol. The summed E-state index contributed by atoms with van der Waals surface area (Å²) < 4.78 is 17.8. The van der Waals surface area contributed by atoms with Crippen LogP contribution in [0.25, 0.3) is 11.3 Å². The highest BCUT2D eigenvalue weighted by Gasteiger charge is 2.31. The Morgan fingerprint density at radius 1 is 0.852 bits per heavy atom. The number of hydrogen-bond donors (Lipinski definition) is 4. The number of carbonyl (C=O) groups excluding carboxylic acids is 4. The Morgan fingerprint density at radius 2 is 1.62 bits per heavy atom. The van der Waals surface area contributed by atoms with Crippen LogP contribution in [0.1, 0.15) is 50.4 Å². The summed E-state index contributed by atoms with van der Waals surface area (Å²) in [6.07, 6.45) is 2.06. The van der Waals surface area contributed by atoms with Crippen LogP contribution in [-0.4, -0.2) is 95.8 Å². The number of hydrogen-bond acceptors (Lipinski definition) is 10. The summed E-state index contributed by atoms with van der Waals surface area (Å²) in [5, 5.41) is 13.2. The predicted molar refractivity (Wildman–Crippen MR) is 232 cm³/mol. The predicted octanol–water partition coefficient (Wildman–Crippen LogP) is 5.45. The minimum Gasteiger partial charge on any atom is -0.371 e. The Bertz CT molecular complexity index is 2550. The largest absolute Gasteiger partial charge is 0.371 e. The molecule has 3 saturated heterocycles. The number of aromatic nitrogens is 3. The SMILES string of the molecule is Cc1cccc(NC(=O)c2ccc(-c3nn4c(c3C(N)=O)Nc3ccc(N5CCN(CC6CCN(c7ccc(N8CCC(=O)NC8=O)cc7)C6)CC5)cc3CC4)c(F)c2C)n1. The van der Waals surface area contributed by atoms with Gasteiger partial charge in [0, 0.05) is 105 Å². The average molecular weight is 826 g/mol. The molecule has 0 radical (unpaired) electrons. The van der Waals surface area contributed by atoms with Crippen LogP contribution in [0.15, 0.2) is 72.8 Å². The summed E-state index contributed by atoms with van der Waals surface area (Å²) in [6, 6.07) is 22.2. The number of nitrogens with two attached hydrogens (primary N) is 1. The molecule has 4 aliphatic heterocycles. The number of imide groups is 1. The molecule has 2 aromatic heterocycles. The molecule has 4 aliphatic rings. The smallest absolute Gasteiger partial charge is 0.328 e. The van der Waals surface area contributed by atoms with Crippen molar-refractivity contribution in [1.29, 1.82) is 0 Å². The van der Waals surface area contributed by atoms with Crippen molar-refractivity contribution < 1.29 is 23.6 Å². The molecule has 3 fully saturated rings. The Hall–Kier alpha value is -6.81. The summed E-state index contributed by atoms with van der Waals surface area (Å²) in [6.45, 7) is 10.9. The highest BCUT2D eigenvalue weighted by Crippen LogP contribution is 2.38. The maximum Gasteiger partial charge on any atom is 0.328 e. The Morgan fingerprint density at radius 3 is 2.38 bits per heavy atom. The topological polar surface area (TPSA) is 174 Å². The Balaban J connectivity index is 0.820. The average Bonchev–Trinajstić information content (AvgIpc) is 3.81. The van der Waals surface area contributed by atoms with E-state index in [1.807, 2.05) is 31.2 Å². The Kier molecular flexibility index (Phi) is 10.6. The first-order chi connectivity index (χ1) is 29.5. The number of piperazine rings is 1. The van der Waals surface area contributed by atoms with Gasteiger partial charge in [0.1, 0.15) is 28.7 Å². The highest BCUT2D eigenvalue weighted by molar-refractivity contribution is 6.07. The molecule has 0 spiro atoms. The molecule has 0 saturated carbocycles. The van der Waals surface area contributed by atoms with Gasteiger partial charge in [-0.15, -0.1) is 0 Å². The summed E-state index contributed by atoms with van der Waals surface area (Å²) >= 11 is 0. The quantitative estimate of drug-likeness (QED) is 0.150. The maximum atomic E-state index is 16.1. The van der Waals surface area contributed by atoms with E-state index in [1.165, 1.54) is 19.1 Å². The van der Waals surface area contributed by atoms with Crippen molar-refractivity contribution in [3.63, 3.8) is 0 Å². The first-order valence-electron chi connectivity index (χ1n) is 20.8. The number of anilines is 6. The van der Waals surface area contributed by atoms with Gasteiger partial charge in [0.15, 0.2) is 0 Å². The molecule has 9 rings (SSSR count). The third-order valence-electron chi connectivity index (χ3n) is 12.3. The highest BCUT2D eigenvalue weighted by atomic mass is 19.1. The van der Waals surface area contributed by atoms with E-state index in [0.717, 1.165) is 86.2 Å². The summed E-state index contributed by atoms with van der Waals surface area (Å²) in [5.41, 5.74) is 12.2. The lowest BCUT2D eigenvalue weighted by Gasteiger charge is -2.37. The number of rotatable bonds is 9. The number of nitrogens with one attached hydrogen (secondary N) is 3. The number of benzene rings is 3. The second kappa shape index (κ2) is 16.3. The third-order valence-corrected chi connectivity index (χ3v) is 12.3. The molecule has 16 heteroatoms. The Labute approximate surface area is 352 Å². The molecule has 15 nitrogen and oxygen atoms in total. The number of aryl methyl sites for hydroxylation is 3. The molecule has 6 heterocycles. The van der Waals surface area contributed by atoms with E-state index in [9.17, 15) is 19.2 Å². The van der Waals surface area contributed by atoms with Gasteiger partial charge in [0.05, 0.1) is 0 Å². The van der Waals surface area contributed by atoms with Gasteiger partial charge in [0.25, 0.3) is 11.8 Å². The van der Waals surface area contributed by atoms with Gasteiger partial charge in [-0.1, -0.05) is 6.07 Å². The molecule has 5 aromatic rings. The van der Waals surface area contributed by atoms with Gasteiger partial charge in [-0.25, -0.2) is 18.9 Å². The molecule has 61 heavy (non-hydrogen) atoms. The zero-order valence-electron chi connectivity index (χ0n) is 34.2. The van der Waals surface area contributed by atoms with Crippen molar-refractivity contribution >= 4 is 58.1 Å². The molecule has 5 N–H and O–H groups in total. The van der Waals surface area contributed by atoms with E-state index in [2.05, 4.69) is 59.9 Å². The van der Waals surface area contributed by atoms with Crippen molar-refractivity contribution in [2.45, 2.75) is 39.7 Å². The van der Waals surface area contributed by atoms with Crippen molar-refractivity contribution in [3.8, 4) is 11.3 Å². The lowest BCUT2D eigenvalue weighted by molar-refractivity contribution is -0.120. The lowest BCUT2D eigenvalue weighted by Crippen LogP contribution is -2.49. The van der Waals surface area contributed by atoms with Crippen LogP contribution in [0.5, 0.6) is 0 Å². The number of primary amides is 1. The van der Waals surface area contributed by atoms with Crippen LogP contribution in [0, 0.1) is 25.6 Å². The minimum atomic E-state index is -0.740. The van der Waals surface area contributed by atoms with Crippen LogP contribution < -0.4 is 36.4 Å². The number of fused-ring (bicyclic) bond motifs is 2. The van der Waals surface area contributed by atoms with Crippen molar-refractivity contribution in [2.24, 2.45) is 11.7 Å². The molecular formula is C45H48FN11O4. The molecule has 0 bridgehead atoms. The van der Waals surface area contributed by atoms with Gasteiger partial charge in [-0.2, -0.15) is 5.10 Å². The summed E-state index contributed by atoms with van der Waals surface area (Å²) in [5.74, 6) is -0.807. The van der Waals surface area contributed by atoms with Gasteiger partial charge in [-0.05, 0) is 110 Å². The molecule has 0 aliphatic carbocycles. The molecule has 1 atom stereocenters. The van der Waals surface area contributed by atoms with E-state index in [0.29, 0.717) is 43.5 Å². The molecule has 5 amide bonds. The molecule has 1 unspecified atom stereocenters. The normalized spacial score (nSPS) is 18.0. The number of nitrogens with zero attached hydrogens (tertiary/aromatic N) is 7. The van der Waals surface area contributed by atoms with Crippen molar-refractivity contribution in [2.75, 3.05) is 77.7 Å². The number of pyridine rings is 1. The van der Waals surface area contributed by atoms with E-state index in [1.54, 1.807) is 21.7 Å². The van der Waals surface area contributed by atoms with Crippen molar-refractivity contribution in [1.82, 2.24) is 25.0 Å². The first kappa shape index (κ1) is 39.6. The minimum absolute atomic E-state index is 0.0794. The number of urea groups is 1. The van der Waals surface area contributed by atoms with E-state index >= 15 is 4.39 Å². The van der Waals surface area contributed by atoms with Gasteiger partial charge < -0.3 is 26.2 Å². The fraction of sp³-hybridized carbons (Fsp3) is 0.333. The fourth-order valence-electron chi connectivity index (χ4n) is 8.97. The summed E-state index contributed by atoms with van der Waals surface area (Å²) in [4.78, 5) is 63.2. The molecule has 3 aromatic carbocycles. The molecule has 314 valence electrons. The van der Waals surface area contributed by atoms with E-state index < -0.39 is 17.6 Å². The summed E-state index contributed by atoms with van der Waals surface area (Å²) in [7, 11) is 0. The van der Waals surface area contributed by atoms with Crippen molar-refractivity contribution in [3.05, 3.63) is 107 Å². The number of halogens is 1. The molecular weight excluding hydrogens is 778 g/mol. The third kappa shape index (κ3) is 7.98.